The lowest BCUT2D eigenvalue weighted by Crippen LogP contribution is -2.11. The Balaban J connectivity index is 1.81. The van der Waals surface area contributed by atoms with E-state index in [2.05, 4.69) is 48.5 Å². The third-order valence-corrected chi connectivity index (χ3v) is 3.93. The molecule has 112 valence electrons. The summed E-state index contributed by atoms with van der Waals surface area (Å²) in [6.07, 6.45) is 3.86. The molecular formula is C19H24O2. The number of aryl methyl sites for hydroxylation is 3. The second-order valence-corrected chi connectivity index (χ2v) is 5.57. The Morgan fingerprint density at radius 1 is 0.619 bits per heavy atom. The molecule has 0 fully saturated rings. The van der Waals surface area contributed by atoms with E-state index in [9.17, 15) is 0 Å². The summed E-state index contributed by atoms with van der Waals surface area (Å²) >= 11 is 0. The van der Waals surface area contributed by atoms with Crippen LogP contribution < -0.4 is 0 Å². The van der Waals surface area contributed by atoms with Gasteiger partial charge in [0.1, 0.15) is 0 Å². The molecule has 2 aromatic carbocycles. The third kappa shape index (κ3) is 5.33. The van der Waals surface area contributed by atoms with Crippen molar-refractivity contribution in [2.24, 2.45) is 5.92 Å². The lowest BCUT2D eigenvalue weighted by molar-refractivity contribution is 0.144. The predicted octanol–water partition coefficient (Wildman–Crippen LogP) is 3.01. The lowest BCUT2D eigenvalue weighted by atomic mass is 9.98. The molecule has 0 bridgehead atoms. The first-order chi connectivity index (χ1) is 10.3. The highest BCUT2D eigenvalue weighted by Gasteiger charge is 2.06. The van der Waals surface area contributed by atoms with Crippen LogP contribution in [-0.4, -0.2) is 23.4 Å². The highest BCUT2D eigenvalue weighted by atomic mass is 16.3. The number of rotatable bonds is 8. The molecule has 0 radical (unpaired) electrons. The van der Waals surface area contributed by atoms with Crippen LogP contribution in [0.25, 0.3) is 0 Å². The number of benzene rings is 2. The van der Waals surface area contributed by atoms with E-state index in [1.165, 1.54) is 16.7 Å². The van der Waals surface area contributed by atoms with Crippen LogP contribution in [0.2, 0.25) is 0 Å². The van der Waals surface area contributed by atoms with Gasteiger partial charge in [-0.15, -0.1) is 0 Å². The lowest BCUT2D eigenvalue weighted by Gasteiger charge is -2.10. The van der Waals surface area contributed by atoms with E-state index in [-0.39, 0.29) is 19.1 Å². The fourth-order valence-electron chi connectivity index (χ4n) is 2.42. The standard InChI is InChI=1S/C19H24O2/c20-14-19(15-21)13-12-18-10-8-17(9-11-18)7-6-16-4-2-1-3-5-16/h1-5,8-11,19-21H,6-7,12-15H2. The van der Waals surface area contributed by atoms with Gasteiger partial charge in [0, 0.05) is 19.1 Å². The zero-order valence-electron chi connectivity index (χ0n) is 12.4. The SMILES string of the molecule is OCC(CO)CCc1ccc(CCc2ccccc2)cc1. The van der Waals surface area contributed by atoms with Crippen LogP contribution in [0, 0.1) is 5.92 Å². The Hall–Kier alpha value is -1.64. The van der Waals surface area contributed by atoms with Gasteiger partial charge in [-0.05, 0) is 42.4 Å². The summed E-state index contributed by atoms with van der Waals surface area (Å²) in [5.41, 5.74) is 3.99. The Labute approximate surface area is 127 Å². The van der Waals surface area contributed by atoms with Gasteiger partial charge in [0.05, 0.1) is 0 Å². The van der Waals surface area contributed by atoms with Crippen molar-refractivity contribution < 1.29 is 10.2 Å². The molecule has 0 aliphatic heterocycles. The summed E-state index contributed by atoms with van der Waals surface area (Å²) in [4.78, 5) is 0. The summed E-state index contributed by atoms with van der Waals surface area (Å²) in [6, 6.07) is 19.2. The van der Waals surface area contributed by atoms with Crippen molar-refractivity contribution in [3.8, 4) is 0 Å². The fourth-order valence-corrected chi connectivity index (χ4v) is 2.42. The van der Waals surface area contributed by atoms with Gasteiger partial charge in [0.2, 0.25) is 0 Å². The molecule has 0 spiro atoms. The Bertz CT molecular complexity index is 501. The maximum Gasteiger partial charge on any atom is 0.0481 e. The average molecular weight is 284 g/mol. The van der Waals surface area contributed by atoms with Gasteiger partial charge in [-0.25, -0.2) is 0 Å². The van der Waals surface area contributed by atoms with E-state index in [1.54, 1.807) is 0 Å². The zero-order chi connectivity index (χ0) is 14.9. The molecule has 21 heavy (non-hydrogen) atoms. The van der Waals surface area contributed by atoms with Crippen LogP contribution in [0.1, 0.15) is 23.1 Å². The molecule has 0 saturated heterocycles. The van der Waals surface area contributed by atoms with Crippen molar-refractivity contribution in [2.75, 3.05) is 13.2 Å². The van der Waals surface area contributed by atoms with Crippen molar-refractivity contribution in [1.29, 1.82) is 0 Å². The molecule has 2 aromatic rings. The minimum Gasteiger partial charge on any atom is -0.396 e. The van der Waals surface area contributed by atoms with E-state index in [4.69, 9.17) is 10.2 Å². The minimum absolute atomic E-state index is 0.00255. The first kappa shape index (κ1) is 15.7. The largest absolute Gasteiger partial charge is 0.396 e. The van der Waals surface area contributed by atoms with Gasteiger partial charge in [-0.3, -0.25) is 0 Å². The first-order valence-corrected chi connectivity index (χ1v) is 7.65. The molecular weight excluding hydrogens is 260 g/mol. The van der Waals surface area contributed by atoms with E-state index < -0.39 is 0 Å². The van der Waals surface area contributed by atoms with E-state index in [1.807, 2.05) is 6.07 Å². The topological polar surface area (TPSA) is 40.5 Å². The summed E-state index contributed by atoms with van der Waals surface area (Å²) in [5.74, 6) is 0.00255. The molecule has 0 saturated carbocycles. The molecule has 2 N–H and O–H groups in total. The van der Waals surface area contributed by atoms with Gasteiger partial charge in [-0.2, -0.15) is 0 Å². The predicted molar refractivity (Wildman–Crippen MR) is 86.3 cm³/mol. The second kappa shape index (κ2) is 8.60. The number of aliphatic hydroxyl groups excluding tert-OH is 2. The Morgan fingerprint density at radius 3 is 1.62 bits per heavy atom. The molecule has 0 aromatic heterocycles. The van der Waals surface area contributed by atoms with Crippen LogP contribution in [-0.2, 0) is 19.3 Å². The van der Waals surface area contributed by atoms with Crippen LogP contribution in [0.4, 0.5) is 0 Å². The normalized spacial score (nSPS) is 11.0. The molecule has 0 aliphatic carbocycles. The molecule has 2 heteroatoms. The number of aliphatic hydroxyl groups is 2. The van der Waals surface area contributed by atoms with E-state index in [0.29, 0.717) is 0 Å². The molecule has 0 atom stereocenters. The molecule has 0 amide bonds. The summed E-state index contributed by atoms with van der Waals surface area (Å²) in [5, 5.41) is 18.1. The minimum atomic E-state index is 0.00255. The van der Waals surface area contributed by atoms with Crippen molar-refractivity contribution in [1.82, 2.24) is 0 Å². The van der Waals surface area contributed by atoms with Crippen molar-refractivity contribution in [2.45, 2.75) is 25.7 Å². The molecule has 2 nitrogen and oxygen atoms in total. The summed E-state index contributed by atoms with van der Waals surface area (Å²) in [6.45, 7) is 0.122. The van der Waals surface area contributed by atoms with Crippen molar-refractivity contribution >= 4 is 0 Å². The second-order valence-electron chi connectivity index (χ2n) is 5.57. The van der Waals surface area contributed by atoms with Crippen LogP contribution in [0.3, 0.4) is 0 Å². The molecule has 2 rings (SSSR count). The fraction of sp³-hybridized carbons (Fsp3) is 0.368. The molecule has 0 unspecified atom stereocenters. The van der Waals surface area contributed by atoms with Crippen molar-refractivity contribution in [3.05, 3.63) is 71.3 Å². The zero-order valence-corrected chi connectivity index (χ0v) is 12.4. The van der Waals surface area contributed by atoms with Gasteiger partial charge < -0.3 is 10.2 Å². The Kier molecular flexibility index (Phi) is 6.45. The molecule has 0 aliphatic rings. The number of hydrogen-bond donors (Lipinski definition) is 2. The Morgan fingerprint density at radius 2 is 1.10 bits per heavy atom. The smallest absolute Gasteiger partial charge is 0.0481 e. The van der Waals surface area contributed by atoms with Gasteiger partial charge >= 0.3 is 0 Å². The third-order valence-electron chi connectivity index (χ3n) is 3.93. The average Bonchev–Trinajstić information content (AvgIpc) is 2.56. The van der Waals surface area contributed by atoms with Crippen molar-refractivity contribution in [3.63, 3.8) is 0 Å². The highest BCUT2D eigenvalue weighted by molar-refractivity contribution is 5.24. The summed E-state index contributed by atoms with van der Waals surface area (Å²) < 4.78 is 0. The molecule has 0 heterocycles. The van der Waals surface area contributed by atoms with Gasteiger partial charge in [0.25, 0.3) is 0 Å². The first-order valence-electron chi connectivity index (χ1n) is 7.65. The highest BCUT2D eigenvalue weighted by Crippen LogP contribution is 2.12. The quantitative estimate of drug-likeness (QED) is 0.782. The maximum absolute atomic E-state index is 9.07. The van der Waals surface area contributed by atoms with E-state index >= 15 is 0 Å². The van der Waals surface area contributed by atoms with Gasteiger partial charge in [0.15, 0.2) is 0 Å². The van der Waals surface area contributed by atoms with E-state index in [0.717, 1.165) is 25.7 Å². The van der Waals surface area contributed by atoms with Crippen LogP contribution in [0.15, 0.2) is 54.6 Å². The van der Waals surface area contributed by atoms with Crippen LogP contribution in [0.5, 0.6) is 0 Å². The van der Waals surface area contributed by atoms with Gasteiger partial charge in [-0.1, -0.05) is 54.6 Å². The number of hydrogen-bond acceptors (Lipinski definition) is 2. The summed E-state index contributed by atoms with van der Waals surface area (Å²) in [7, 11) is 0. The maximum atomic E-state index is 9.07. The van der Waals surface area contributed by atoms with Crippen LogP contribution >= 0.6 is 0 Å². The monoisotopic (exact) mass is 284 g/mol.